The van der Waals surface area contributed by atoms with Gasteiger partial charge in [-0.25, -0.2) is 4.98 Å². The molecule has 0 radical (unpaired) electrons. The molecule has 0 bridgehead atoms. The van der Waals surface area contributed by atoms with Crippen LogP contribution in [0.3, 0.4) is 0 Å². The van der Waals surface area contributed by atoms with E-state index in [2.05, 4.69) is 19.6 Å². The molecule has 0 aromatic carbocycles. The van der Waals surface area contributed by atoms with Gasteiger partial charge in [-0.15, -0.1) is 0 Å². The molecule has 0 fully saturated rings. The first-order chi connectivity index (χ1) is 5.95. The Balaban J connectivity index is 2.14. The highest BCUT2D eigenvalue weighted by Gasteiger charge is 1.89. The molecule has 0 saturated heterocycles. The van der Waals surface area contributed by atoms with Crippen LogP contribution in [0.5, 0.6) is 0 Å². The van der Waals surface area contributed by atoms with E-state index in [9.17, 15) is 0 Å². The van der Waals surface area contributed by atoms with Gasteiger partial charge in [0.05, 0.1) is 18.2 Å². The lowest BCUT2D eigenvalue weighted by molar-refractivity contribution is 0.418. The zero-order valence-corrected chi connectivity index (χ0v) is 6.27. The predicted octanol–water partition coefficient (Wildman–Crippen LogP) is 1.57. The van der Waals surface area contributed by atoms with Gasteiger partial charge in [0, 0.05) is 6.07 Å². The summed E-state index contributed by atoms with van der Waals surface area (Å²) in [7, 11) is 0. The van der Waals surface area contributed by atoms with Crippen LogP contribution >= 0.6 is 0 Å². The van der Waals surface area contributed by atoms with Crippen molar-refractivity contribution in [3.8, 4) is 0 Å². The summed E-state index contributed by atoms with van der Waals surface area (Å²) in [6.45, 7) is 0. The van der Waals surface area contributed by atoms with Crippen LogP contribution in [0.4, 0.5) is 0 Å². The van der Waals surface area contributed by atoms with Crippen molar-refractivity contribution in [3.05, 3.63) is 36.2 Å². The van der Waals surface area contributed by atoms with Gasteiger partial charge in [0.1, 0.15) is 12.0 Å². The number of hydrogen-bond acceptors (Lipinski definition) is 3. The quantitative estimate of drug-likeness (QED) is 0.727. The maximum atomic E-state index is 4.66. The Bertz CT molecular complexity index is 311. The minimum Gasteiger partial charge on any atom is -0.364 e. The molecule has 2 aromatic rings. The molecule has 12 heavy (non-hydrogen) atoms. The minimum atomic E-state index is 0.796. The molecular formula is C8H7N3O. The molecule has 2 aromatic heterocycles. The first-order valence-corrected chi connectivity index (χ1v) is 3.52. The summed E-state index contributed by atoms with van der Waals surface area (Å²) >= 11 is 0. The van der Waals surface area contributed by atoms with Gasteiger partial charge in [0.15, 0.2) is 0 Å². The summed E-state index contributed by atoms with van der Waals surface area (Å²) in [5.74, 6) is 0. The van der Waals surface area contributed by atoms with Crippen LogP contribution in [0.1, 0.15) is 11.4 Å². The lowest BCUT2D eigenvalue weighted by Gasteiger charge is -1.80. The number of H-pyrrole nitrogens is 1. The smallest absolute Gasteiger partial charge is 0.124 e. The average molecular weight is 161 g/mol. The van der Waals surface area contributed by atoms with Gasteiger partial charge < -0.3 is 9.51 Å². The summed E-state index contributed by atoms with van der Waals surface area (Å²) in [5, 5.41) is 3.72. The summed E-state index contributed by atoms with van der Waals surface area (Å²) in [4.78, 5) is 6.81. The molecule has 2 heterocycles. The van der Waals surface area contributed by atoms with Gasteiger partial charge in [-0.2, -0.15) is 0 Å². The van der Waals surface area contributed by atoms with Crippen molar-refractivity contribution in [1.29, 1.82) is 0 Å². The van der Waals surface area contributed by atoms with Crippen LogP contribution in [0.15, 0.2) is 29.4 Å². The second-order valence-electron chi connectivity index (χ2n) is 2.26. The Morgan fingerprint density at radius 2 is 2.42 bits per heavy atom. The molecule has 0 amide bonds. The fraction of sp³-hybridized carbons (Fsp3) is 0. The van der Waals surface area contributed by atoms with E-state index in [1.807, 2.05) is 12.2 Å². The van der Waals surface area contributed by atoms with Crippen LogP contribution in [0, 0.1) is 0 Å². The Kier molecular flexibility index (Phi) is 1.74. The largest absolute Gasteiger partial charge is 0.364 e. The number of rotatable bonds is 2. The molecule has 0 atom stereocenters. The van der Waals surface area contributed by atoms with Crippen molar-refractivity contribution in [2.45, 2.75) is 0 Å². The van der Waals surface area contributed by atoms with E-state index in [0.717, 1.165) is 11.4 Å². The minimum absolute atomic E-state index is 0.796. The van der Waals surface area contributed by atoms with Crippen LogP contribution in [0.25, 0.3) is 12.2 Å². The van der Waals surface area contributed by atoms with Gasteiger partial charge in [-0.05, 0) is 12.2 Å². The highest BCUT2D eigenvalue weighted by Crippen LogP contribution is 2.01. The van der Waals surface area contributed by atoms with Gasteiger partial charge >= 0.3 is 0 Å². The van der Waals surface area contributed by atoms with Gasteiger partial charge in [-0.1, -0.05) is 5.16 Å². The Morgan fingerprint density at radius 1 is 1.42 bits per heavy atom. The average Bonchev–Trinajstić information content (AvgIpc) is 2.74. The van der Waals surface area contributed by atoms with E-state index >= 15 is 0 Å². The van der Waals surface area contributed by atoms with Crippen LogP contribution in [0.2, 0.25) is 0 Å². The van der Waals surface area contributed by atoms with E-state index in [-0.39, 0.29) is 0 Å². The second kappa shape index (κ2) is 3.04. The van der Waals surface area contributed by atoms with E-state index in [0.29, 0.717) is 0 Å². The Hall–Kier alpha value is -1.84. The SMILES string of the molecule is C(=C\c1cnc[nH]1)/c1ccon1. The maximum absolute atomic E-state index is 4.66. The molecule has 4 nitrogen and oxygen atoms in total. The molecule has 1 N–H and O–H groups in total. The normalized spacial score (nSPS) is 11.0. The molecule has 0 aliphatic heterocycles. The number of hydrogen-bond donors (Lipinski definition) is 1. The number of nitrogens with zero attached hydrogens (tertiary/aromatic N) is 2. The molecular weight excluding hydrogens is 154 g/mol. The maximum Gasteiger partial charge on any atom is 0.124 e. The molecule has 0 aliphatic rings. The number of aromatic amines is 1. The second-order valence-corrected chi connectivity index (χ2v) is 2.26. The molecule has 2 rings (SSSR count). The van der Waals surface area contributed by atoms with Crippen molar-refractivity contribution < 1.29 is 4.52 Å². The lowest BCUT2D eigenvalue weighted by Crippen LogP contribution is -1.69. The predicted molar refractivity (Wildman–Crippen MR) is 44.0 cm³/mol. The summed E-state index contributed by atoms with van der Waals surface area (Å²) in [6, 6.07) is 1.78. The molecule has 4 heteroatoms. The van der Waals surface area contributed by atoms with Crippen molar-refractivity contribution in [3.63, 3.8) is 0 Å². The highest BCUT2D eigenvalue weighted by molar-refractivity contribution is 5.65. The zero-order valence-electron chi connectivity index (χ0n) is 6.27. The molecule has 0 saturated carbocycles. The Morgan fingerprint density at radius 3 is 3.08 bits per heavy atom. The molecule has 0 aliphatic carbocycles. The fourth-order valence-corrected chi connectivity index (χ4v) is 0.841. The van der Waals surface area contributed by atoms with E-state index in [1.165, 1.54) is 6.26 Å². The topological polar surface area (TPSA) is 54.7 Å². The first kappa shape index (κ1) is 6.84. The van der Waals surface area contributed by atoms with Crippen LogP contribution in [-0.2, 0) is 0 Å². The van der Waals surface area contributed by atoms with Crippen molar-refractivity contribution in [2.75, 3.05) is 0 Å². The Labute approximate surface area is 68.9 Å². The zero-order chi connectivity index (χ0) is 8.23. The molecule has 60 valence electrons. The van der Waals surface area contributed by atoms with Crippen molar-refractivity contribution in [2.24, 2.45) is 0 Å². The van der Waals surface area contributed by atoms with E-state index in [1.54, 1.807) is 18.6 Å². The molecule has 0 spiro atoms. The molecule has 0 unspecified atom stereocenters. The third-order valence-electron chi connectivity index (χ3n) is 1.41. The van der Waals surface area contributed by atoms with Gasteiger partial charge in [0.25, 0.3) is 0 Å². The lowest BCUT2D eigenvalue weighted by atomic mass is 10.3. The van der Waals surface area contributed by atoms with Gasteiger partial charge in [0.2, 0.25) is 0 Å². The number of imidazole rings is 1. The third kappa shape index (κ3) is 1.42. The third-order valence-corrected chi connectivity index (χ3v) is 1.41. The van der Waals surface area contributed by atoms with Crippen molar-refractivity contribution >= 4 is 12.2 Å². The summed E-state index contributed by atoms with van der Waals surface area (Å²) in [6.07, 6.45) is 8.62. The summed E-state index contributed by atoms with van der Waals surface area (Å²) < 4.78 is 4.66. The van der Waals surface area contributed by atoms with Gasteiger partial charge in [-0.3, -0.25) is 0 Å². The summed E-state index contributed by atoms with van der Waals surface area (Å²) in [5.41, 5.74) is 1.74. The first-order valence-electron chi connectivity index (χ1n) is 3.52. The fourth-order valence-electron chi connectivity index (χ4n) is 0.841. The highest BCUT2D eigenvalue weighted by atomic mass is 16.5. The van der Waals surface area contributed by atoms with Crippen LogP contribution in [-0.4, -0.2) is 15.1 Å². The van der Waals surface area contributed by atoms with Crippen molar-refractivity contribution in [1.82, 2.24) is 15.1 Å². The van der Waals surface area contributed by atoms with Crippen LogP contribution < -0.4 is 0 Å². The number of nitrogens with one attached hydrogen (secondary N) is 1. The van der Waals surface area contributed by atoms with E-state index in [4.69, 9.17) is 0 Å². The van der Waals surface area contributed by atoms with E-state index < -0.39 is 0 Å². The standard InChI is InChI=1S/C8H7N3O/c1(7-3-4-12-11-7)2-8-5-9-6-10-8/h1-6H,(H,9,10)/b2-1+. The monoisotopic (exact) mass is 161 g/mol. The number of aromatic nitrogens is 3.